The van der Waals surface area contributed by atoms with Crippen LogP contribution in [0.25, 0.3) is 0 Å². The zero-order valence-corrected chi connectivity index (χ0v) is 13.1. The fourth-order valence-corrected chi connectivity index (χ4v) is 3.14. The largest absolute Gasteiger partial charge is 0.493 e. The Morgan fingerprint density at radius 1 is 1.19 bits per heavy atom. The van der Waals surface area contributed by atoms with Crippen molar-refractivity contribution in [2.24, 2.45) is 0 Å². The highest BCUT2D eigenvalue weighted by atomic mass is 32.2. The lowest BCUT2D eigenvalue weighted by Crippen LogP contribution is -2.50. The highest BCUT2D eigenvalue weighted by Gasteiger charge is 2.27. The third-order valence-corrected chi connectivity index (χ3v) is 4.72. The number of sulfonamides is 1. The first-order valence-corrected chi connectivity index (χ1v) is 8.74. The van der Waals surface area contributed by atoms with E-state index in [0.29, 0.717) is 44.1 Å². The maximum absolute atomic E-state index is 12.5. The SMILES string of the molecule is CCOc1ccccc1C(=O)N1CCN(S(C)(=O)=O)CC1. The zero-order valence-electron chi connectivity index (χ0n) is 12.3. The summed E-state index contributed by atoms with van der Waals surface area (Å²) in [5, 5.41) is 0. The van der Waals surface area contributed by atoms with Gasteiger partial charge < -0.3 is 9.64 Å². The first kappa shape index (κ1) is 15.8. The number of hydrogen-bond donors (Lipinski definition) is 0. The van der Waals surface area contributed by atoms with E-state index in [1.807, 2.05) is 13.0 Å². The molecule has 1 aromatic rings. The highest BCUT2D eigenvalue weighted by molar-refractivity contribution is 7.88. The summed E-state index contributed by atoms with van der Waals surface area (Å²) in [7, 11) is -3.19. The summed E-state index contributed by atoms with van der Waals surface area (Å²) in [6, 6.07) is 7.12. The number of carbonyl (C=O) groups excluding carboxylic acids is 1. The third kappa shape index (κ3) is 3.74. The van der Waals surface area contributed by atoms with Crippen LogP contribution in [0.4, 0.5) is 0 Å². The van der Waals surface area contributed by atoms with Gasteiger partial charge in [0.05, 0.1) is 18.4 Å². The summed E-state index contributed by atoms with van der Waals surface area (Å²) in [5.41, 5.74) is 0.521. The minimum absolute atomic E-state index is 0.118. The fourth-order valence-electron chi connectivity index (χ4n) is 2.32. The van der Waals surface area contributed by atoms with Crippen LogP contribution in [0, 0.1) is 0 Å². The minimum atomic E-state index is -3.19. The second-order valence-corrected chi connectivity index (χ2v) is 6.87. The molecule has 21 heavy (non-hydrogen) atoms. The van der Waals surface area contributed by atoms with E-state index in [0.717, 1.165) is 0 Å². The van der Waals surface area contributed by atoms with Crippen LogP contribution in [0.5, 0.6) is 5.75 Å². The molecule has 6 nitrogen and oxygen atoms in total. The summed E-state index contributed by atoms with van der Waals surface area (Å²) >= 11 is 0. The molecular weight excluding hydrogens is 292 g/mol. The number of hydrogen-bond acceptors (Lipinski definition) is 4. The number of rotatable bonds is 4. The zero-order chi connectivity index (χ0) is 15.5. The molecule has 1 fully saturated rings. The van der Waals surface area contributed by atoms with Crippen LogP contribution in [-0.4, -0.2) is 62.6 Å². The first-order valence-electron chi connectivity index (χ1n) is 6.89. The van der Waals surface area contributed by atoms with E-state index in [1.165, 1.54) is 10.6 Å². The van der Waals surface area contributed by atoms with Crippen LogP contribution in [0.1, 0.15) is 17.3 Å². The molecule has 1 aromatic carbocycles. The maximum Gasteiger partial charge on any atom is 0.257 e. The van der Waals surface area contributed by atoms with Crippen LogP contribution in [0.3, 0.4) is 0 Å². The van der Waals surface area contributed by atoms with Gasteiger partial charge in [-0.15, -0.1) is 0 Å². The average molecular weight is 312 g/mol. The highest BCUT2D eigenvalue weighted by Crippen LogP contribution is 2.21. The quantitative estimate of drug-likeness (QED) is 0.825. The van der Waals surface area contributed by atoms with E-state index in [-0.39, 0.29) is 5.91 Å². The standard InChI is InChI=1S/C14H20N2O4S/c1-3-20-13-7-5-4-6-12(13)14(17)15-8-10-16(11-9-15)21(2,18)19/h4-7H,3,8-11H2,1-2H3. The van der Waals surface area contributed by atoms with Crippen molar-refractivity contribution in [1.82, 2.24) is 9.21 Å². The van der Waals surface area contributed by atoms with Crippen molar-refractivity contribution in [3.8, 4) is 5.75 Å². The van der Waals surface area contributed by atoms with Gasteiger partial charge in [-0.3, -0.25) is 4.79 Å². The van der Waals surface area contributed by atoms with E-state index in [4.69, 9.17) is 4.74 Å². The van der Waals surface area contributed by atoms with Crippen molar-refractivity contribution >= 4 is 15.9 Å². The Labute approximate surface area is 125 Å². The van der Waals surface area contributed by atoms with Crippen molar-refractivity contribution in [3.05, 3.63) is 29.8 Å². The summed E-state index contributed by atoms with van der Waals surface area (Å²) in [6.07, 6.45) is 1.19. The Hall–Kier alpha value is -1.60. The van der Waals surface area contributed by atoms with Crippen LogP contribution in [0.2, 0.25) is 0 Å². The second kappa shape index (κ2) is 6.44. The Bertz CT molecular complexity index is 607. The van der Waals surface area contributed by atoms with E-state index in [2.05, 4.69) is 0 Å². The molecule has 0 aliphatic carbocycles. The Balaban J connectivity index is 2.09. The fraction of sp³-hybridized carbons (Fsp3) is 0.500. The molecule has 0 N–H and O–H groups in total. The summed E-state index contributed by atoms with van der Waals surface area (Å²) in [6.45, 7) is 3.82. The molecule has 0 radical (unpaired) electrons. The number of benzene rings is 1. The van der Waals surface area contributed by atoms with Crippen LogP contribution in [-0.2, 0) is 10.0 Å². The van der Waals surface area contributed by atoms with E-state index in [9.17, 15) is 13.2 Å². The van der Waals surface area contributed by atoms with E-state index < -0.39 is 10.0 Å². The summed E-state index contributed by atoms with van der Waals surface area (Å²) in [5.74, 6) is 0.447. The molecule has 1 heterocycles. The van der Waals surface area contributed by atoms with Gasteiger partial charge in [0.2, 0.25) is 10.0 Å². The number of nitrogens with zero attached hydrogens (tertiary/aromatic N) is 2. The van der Waals surface area contributed by atoms with Crippen LogP contribution >= 0.6 is 0 Å². The number of ether oxygens (including phenoxy) is 1. The molecule has 0 spiro atoms. The second-order valence-electron chi connectivity index (χ2n) is 4.88. The monoisotopic (exact) mass is 312 g/mol. The third-order valence-electron chi connectivity index (χ3n) is 3.41. The van der Waals surface area contributed by atoms with E-state index >= 15 is 0 Å². The van der Waals surface area contributed by atoms with Crippen molar-refractivity contribution in [2.75, 3.05) is 39.0 Å². The number of amides is 1. The first-order chi connectivity index (χ1) is 9.93. The van der Waals surface area contributed by atoms with Gasteiger partial charge >= 0.3 is 0 Å². The van der Waals surface area contributed by atoms with Crippen molar-refractivity contribution in [1.29, 1.82) is 0 Å². The lowest BCUT2D eigenvalue weighted by molar-refractivity contribution is 0.0694. The van der Waals surface area contributed by atoms with Crippen molar-refractivity contribution in [2.45, 2.75) is 6.92 Å². The van der Waals surface area contributed by atoms with Gasteiger partial charge in [-0.25, -0.2) is 8.42 Å². The molecule has 116 valence electrons. The lowest BCUT2D eigenvalue weighted by Gasteiger charge is -2.33. The van der Waals surface area contributed by atoms with Gasteiger partial charge in [-0.05, 0) is 19.1 Å². The smallest absolute Gasteiger partial charge is 0.257 e. The Morgan fingerprint density at radius 2 is 1.81 bits per heavy atom. The molecule has 1 aliphatic rings. The Morgan fingerprint density at radius 3 is 2.38 bits per heavy atom. The maximum atomic E-state index is 12.5. The molecule has 0 saturated carbocycles. The van der Waals surface area contributed by atoms with Gasteiger partial charge in [0.15, 0.2) is 0 Å². The van der Waals surface area contributed by atoms with Gasteiger partial charge in [0.25, 0.3) is 5.91 Å². The lowest BCUT2D eigenvalue weighted by atomic mass is 10.1. The number of para-hydroxylation sites is 1. The van der Waals surface area contributed by atoms with E-state index in [1.54, 1.807) is 23.1 Å². The molecule has 2 rings (SSSR count). The molecule has 0 bridgehead atoms. The predicted molar refractivity (Wildman–Crippen MR) is 79.9 cm³/mol. The molecule has 1 saturated heterocycles. The van der Waals surface area contributed by atoms with Gasteiger partial charge in [0, 0.05) is 26.2 Å². The van der Waals surface area contributed by atoms with Gasteiger partial charge in [-0.1, -0.05) is 12.1 Å². The molecule has 7 heteroatoms. The molecule has 1 amide bonds. The van der Waals surface area contributed by atoms with Crippen molar-refractivity contribution in [3.63, 3.8) is 0 Å². The van der Waals surface area contributed by atoms with Gasteiger partial charge in [0.1, 0.15) is 5.75 Å². The molecule has 0 atom stereocenters. The van der Waals surface area contributed by atoms with Crippen LogP contribution < -0.4 is 4.74 Å². The normalized spacial score (nSPS) is 16.8. The van der Waals surface area contributed by atoms with Crippen LogP contribution in [0.15, 0.2) is 24.3 Å². The molecular formula is C14H20N2O4S. The van der Waals surface area contributed by atoms with Crippen molar-refractivity contribution < 1.29 is 17.9 Å². The predicted octanol–water partition coefficient (Wildman–Crippen LogP) is 0.803. The number of piperazine rings is 1. The molecule has 0 unspecified atom stereocenters. The number of carbonyl (C=O) groups is 1. The summed E-state index contributed by atoms with van der Waals surface area (Å²) < 4.78 is 29.8. The summed E-state index contributed by atoms with van der Waals surface area (Å²) in [4.78, 5) is 14.2. The molecule has 0 aromatic heterocycles. The molecule has 1 aliphatic heterocycles. The topological polar surface area (TPSA) is 66.9 Å². The van der Waals surface area contributed by atoms with Gasteiger partial charge in [-0.2, -0.15) is 4.31 Å². The average Bonchev–Trinajstić information content (AvgIpc) is 2.47. The Kier molecular flexibility index (Phi) is 4.84. The minimum Gasteiger partial charge on any atom is -0.493 e.